The topological polar surface area (TPSA) is 50.8 Å². The third-order valence-electron chi connectivity index (χ3n) is 4.20. The lowest BCUT2D eigenvalue weighted by atomic mass is 10.1. The molecule has 1 N–H and O–H groups in total. The number of imidazole rings is 1. The Kier molecular flexibility index (Phi) is 3.69. The van der Waals surface area contributed by atoms with Crippen LogP contribution in [0.5, 0.6) is 5.75 Å². The average molecular weight is 333 g/mol. The number of pyridine rings is 1. The first-order chi connectivity index (χ1) is 12.2. The number of aromatic amines is 1. The summed E-state index contributed by atoms with van der Waals surface area (Å²) in [6.45, 7) is 1.99. The summed E-state index contributed by atoms with van der Waals surface area (Å²) in [5, 5.41) is 0. The first kappa shape index (κ1) is 15.3. The van der Waals surface area contributed by atoms with Crippen molar-refractivity contribution in [2.45, 2.75) is 6.92 Å². The molecule has 0 radical (unpaired) electrons. The Morgan fingerprint density at radius 3 is 2.68 bits per heavy atom. The van der Waals surface area contributed by atoms with Crippen LogP contribution in [0.25, 0.3) is 33.7 Å². The average Bonchev–Trinajstić information content (AvgIpc) is 3.05. The fourth-order valence-corrected chi connectivity index (χ4v) is 2.85. The normalized spacial score (nSPS) is 11.0. The van der Waals surface area contributed by atoms with Gasteiger partial charge in [-0.2, -0.15) is 0 Å². The molecule has 0 aliphatic carbocycles. The number of aryl methyl sites for hydroxylation is 1. The van der Waals surface area contributed by atoms with Crippen LogP contribution in [0.3, 0.4) is 0 Å². The van der Waals surface area contributed by atoms with Crippen molar-refractivity contribution < 1.29 is 9.13 Å². The number of H-pyrrole nitrogens is 1. The molecule has 124 valence electrons. The van der Waals surface area contributed by atoms with Gasteiger partial charge in [0.2, 0.25) is 0 Å². The number of fused-ring (bicyclic) bond motifs is 1. The standard InChI is InChI=1S/C20H16FN3O/c1-12-7-8-13(10-18(12)25-2)19-23-17-9-14(11-22-20(17)24-19)15-5-3-4-6-16(15)21/h3-11H,1-2H3,(H,22,23,24). The van der Waals surface area contributed by atoms with Crippen LogP contribution in [0, 0.1) is 12.7 Å². The fraction of sp³-hybridized carbons (Fsp3) is 0.100. The van der Waals surface area contributed by atoms with E-state index in [-0.39, 0.29) is 5.82 Å². The lowest BCUT2D eigenvalue weighted by Gasteiger charge is -2.05. The predicted octanol–water partition coefficient (Wildman–Crippen LogP) is 4.75. The van der Waals surface area contributed by atoms with Crippen molar-refractivity contribution in [2.24, 2.45) is 0 Å². The molecule has 0 unspecified atom stereocenters. The summed E-state index contributed by atoms with van der Waals surface area (Å²) in [7, 11) is 1.65. The van der Waals surface area contributed by atoms with Gasteiger partial charge in [-0.05, 0) is 30.7 Å². The van der Waals surface area contributed by atoms with E-state index in [2.05, 4.69) is 15.0 Å². The molecule has 4 rings (SSSR count). The van der Waals surface area contributed by atoms with Crippen molar-refractivity contribution in [3.8, 4) is 28.3 Å². The van der Waals surface area contributed by atoms with E-state index in [9.17, 15) is 4.39 Å². The Bertz CT molecular complexity index is 1070. The van der Waals surface area contributed by atoms with Crippen molar-refractivity contribution in [1.82, 2.24) is 15.0 Å². The molecule has 4 aromatic rings. The van der Waals surface area contributed by atoms with Crippen LogP contribution in [-0.2, 0) is 0 Å². The highest BCUT2D eigenvalue weighted by Crippen LogP contribution is 2.28. The van der Waals surface area contributed by atoms with Gasteiger partial charge in [-0.15, -0.1) is 0 Å². The monoisotopic (exact) mass is 333 g/mol. The van der Waals surface area contributed by atoms with Crippen LogP contribution in [-0.4, -0.2) is 22.1 Å². The summed E-state index contributed by atoms with van der Waals surface area (Å²) in [5.41, 5.74) is 4.55. The quantitative estimate of drug-likeness (QED) is 0.589. The molecule has 0 saturated carbocycles. The van der Waals surface area contributed by atoms with E-state index >= 15 is 0 Å². The van der Waals surface area contributed by atoms with E-state index in [0.29, 0.717) is 22.6 Å². The Morgan fingerprint density at radius 1 is 1.04 bits per heavy atom. The van der Waals surface area contributed by atoms with Crippen molar-refractivity contribution in [1.29, 1.82) is 0 Å². The first-order valence-corrected chi connectivity index (χ1v) is 7.91. The summed E-state index contributed by atoms with van der Waals surface area (Å²) >= 11 is 0. The number of nitrogens with zero attached hydrogens (tertiary/aromatic N) is 2. The van der Waals surface area contributed by atoms with Crippen LogP contribution >= 0.6 is 0 Å². The number of ether oxygens (including phenoxy) is 1. The molecule has 25 heavy (non-hydrogen) atoms. The van der Waals surface area contributed by atoms with Crippen LogP contribution in [0.15, 0.2) is 54.7 Å². The molecular weight excluding hydrogens is 317 g/mol. The lowest BCUT2D eigenvalue weighted by Crippen LogP contribution is -1.88. The van der Waals surface area contributed by atoms with Gasteiger partial charge in [-0.1, -0.05) is 30.3 Å². The highest BCUT2D eigenvalue weighted by molar-refractivity contribution is 5.81. The fourth-order valence-electron chi connectivity index (χ4n) is 2.85. The molecule has 0 saturated heterocycles. The Balaban J connectivity index is 1.80. The Hall–Kier alpha value is -3.21. The summed E-state index contributed by atoms with van der Waals surface area (Å²) in [6.07, 6.45) is 1.64. The zero-order valence-corrected chi connectivity index (χ0v) is 13.9. The van der Waals surface area contributed by atoms with E-state index in [4.69, 9.17) is 4.74 Å². The van der Waals surface area contributed by atoms with Crippen molar-refractivity contribution >= 4 is 11.2 Å². The molecule has 2 aromatic carbocycles. The highest BCUT2D eigenvalue weighted by atomic mass is 19.1. The number of aromatic nitrogens is 3. The zero-order chi connectivity index (χ0) is 17.4. The highest BCUT2D eigenvalue weighted by Gasteiger charge is 2.11. The summed E-state index contributed by atoms with van der Waals surface area (Å²) in [5.74, 6) is 1.23. The van der Waals surface area contributed by atoms with Crippen LogP contribution in [0.1, 0.15) is 5.56 Å². The predicted molar refractivity (Wildman–Crippen MR) is 96.0 cm³/mol. The van der Waals surface area contributed by atoms with Gasteiger partial charge >= 0.3 is 0 Å². The Labute approximate surface area is 144 Å². The minimum absolute atomic E-state index is 0.272. The smallest absolute Gasteiger partial charge is 0.178 e. The first-order valence-electron chi connectivity index (χ1n) is 7.91. The van der Waals surface area contributed by atoms with Gasteiger partial charge < -0.3 is 9.72 Å². The minimum atomic E-state index is -0.272. The molecule has 4 nitrogen and oxygen atoms in total. The van der Waals surface area contributed by atoms with Crippen molar-refractivity contribution in [3.05, 3.63) is 66.1 Å². The molecule has 0 amide bonds. The molecule has 0 aliphatic rings. The number of rotatable bonds is 3. The van der Waals surface area contributed by atoms with Gasteiger partial charge in [-0.25, -0.2) is 14.4 Å². The number of methoxy groups -OCH3 is 1. The number of nitrogens with one attached hydrogen (secondary N) is 1. The zero-order valence-electron chi connectivity index (χ0n) is 13.9. The molecule has 2 heterocycles. The SMILES string of the molecule is COc1cc(-c2nc3ncc(-c4ccccc4F)cc3[nH]2)ccc1C. The number of halogens is 1. The van der Waals surface area contributed by atoms with E-state index in [1.54, 1.807) is 31.5 Å². The number of hydrogen-bond donors (Lipinski definition) is 1. The van der Waals surface area contributed by atoms with Gasteiger partial charge in [0, 0.05) is 22.9 Å². The molecule has 5 heteroatoms. The van der Waals surface area contributed by atoms with Gasteiger partial charge in [0.05, 0.1) is 12.6 Å². The summed E-state index contributed by atoms with van der Waals surface area (Å²) < 4.78 is 19.4. The lowest BCUT2D eigenvalue weighted by molar-refractivity contribution is 0.412. The van der Waals surface area contributed by atoms with E-state index in [1.807, 2.05) is 31.2 Å². The third-order valence-corrected chi connectivity index (χ3v) is 4.20. The summed E-state index contributed by atoms with van der Waals surface area (Å²) in [4.78, 5) is 12.2. The van der Waals surface area contributed by atoms with Crippen LogP contribution < -0.4 is 4.74 Å². The summed E-state index contributed by atoms with van der Waals surface area (Å²) in [6, 6.07) is 14.4. The largest absolute Gasteiger partial charge is 0.496 e. The van der Waals surface area contributed by atoms with Gasteiger partial charge in [0.25, 0.3) is 0 Å². The molecule has 2 aromatic heterocycles. The molecule has 0 bridgehead atoms. The van der Waals surface area contributed by atoms with Crippen LogP contribution in [0.2, 0.25) is 0 Å². The maximum absolute atomic E-state index is 14.0. The second-order valence-electron chi connectivity index (χ2n) is 5.84. The molecule has 0 atom stereocenters. The Morgan fingerprint density at radius 2 is 1.88 bits per heavy atom. The van der Waals surface area contributed by atoms with E-state index in [1.165, 1.54) is 6.07 Å². The second kappa shape index (κ2) is 6.02. The number of hydrogen-bond acceptors (Lipinski definition) is 3. The van der Waals surface area contributed by atoms with Gasteiger partial charge in [0.1, 0.15) is 17.4 Å². The molecule has 0 aliphatic heterocycles. The number of benzene rings is 2. The van der Waals surface area contributed by atoms with Gasteiger partial charge in [-0.3, -0.25) is 0 Å². The second-order valence-corrected chi connectivity index (χ2v) is 5.84. The van der Waals surface area contributed by atoms with Crippen molar-refractivity contribution in [2.75, 3.05) is 7.11 Å². The van der Waals surface area contributed by atoms with E-state index < -0.39 is 0 Å². The van der Waals surface area contributed by atoms with E-state index in [0.717, 1.165) is 22.4 Å². The molecule has 0 spiro atoms. The van der Waals surface area contributed by atoms with Crippen LogP contribution in [0.4, 0.5) is 4.39 Å². The maximum Gasteiger partial charge on any atom is 0.178 e. The molecular formula is C20H16FN3O. The van der Waals surface area contributed by atoms with Crippen molar-refractivity contribution in [3.63, 3.8) is 0 Å². The maximum atomic E-state index is 14.0. The third kappa shape index (κ3) is 2.74. The minimum Gasteiger partial charge on any atom is -0.496 e. The van der Waals surface area contributed by atoms with Gasteiger partial charge in [0.15, 0.2) is 5.65 Å². The molecule has 0 fully saturated rings.